The van der Waals surface area contributed by atoms with Gasteiger partial charge in [-0.15, -0.1) is 0 Å². The highest BCUT2D eigenvalue weighted by Crippen LogP contribution is 2.69. The Kier molecular flexibility index (Phi) is 6.12. The second-order valence-electron chi connectivity index (χ2n) is 10.5. The van der Waals surface area contributed by atoms with E-state index < -0.39 is 11.9 Å². The van der Waals surface area contributed by atoms with Crippen LogP contribution in [0.25, 0.3) is 10.9 Å². The first-order chi connectivity index (χ1) is 15.5. The molecule has 2 fully saturated rings. The number of benzene rings is 1. The van der Waals surface area contributed by atoms with Crippen LogP contribution in [0.3, 0.4) is 0 Å². The van der Waals surface area contributed by atoms with Crippen molar-refractivity contribution in [1.29, 1.82) is 0 Å². The van der Waals surface area contributed by atoms with Gasteiger partial charge in [0.2, 0.25) is 0 Å². The van der Waals surface area contributed by atoms with Gasteiger partial charge in [0.25, 0.3) is 0 Å². The second kappa shape index (κ2) is 8.60. The van der Waals surface area contributed by atoms with E-state index in [4.69, 9.17) is 14.6 Å². The number of aliphatic carboxylic acids is 1. The van der Waals surface area contributed by atoms with E-state index in [1.165, 1.54) is 0 Å². The van der Waals surface area contributed by atoms with Crippen molar-refractivity contribution >= 4 is 28.6 Å². The minimum Gasteiger partial charge on any atom is -0.481 e. The third kappa shape index (κ3) is 4.43. The average Bonchev–Trinajstić information content (AvgIpc) is 3.00. The number of Topliss-reactive ketones (excluding diaryl/α,β-unsaturated/α-hetero) is 1. The zero-order chi connectivity index (χ0) is 24.0. The highest BCUT2D eigenvalue weighted by atomic mass is 16.5. The van der Waals surface area contributed by atoms with E-state index in [0.29, 0.717) is 17.2 Å². The van der Waals surface area contributed by atoms with Gasteiger partial charge in [0.1, 0.15) is 5.75 Å². The van der Waals surface area contributed by atoms with E-state index >= 15 is 0 Å². The molecular weight excluding hydrogens is 422 g/mol. The molecule has 7 nitrogen and oxygen atoms in total. The van der Waals surface area contributed by atoms with Gasteiger partial charge in [-0.1, -0.05) is 27.7 Å². The average molecular weight is 456 g/mol. The highest BCUT2D eigenvalue weighted by Gasteiger charge is 2.68. The van der Waals surface area contributed by atoms with Crippen molar-refractivity contribution in [2.24, 2.45) is 22.7 Å². The van der Waals surface area contributed by atoms with E-state index in [2.05, 4.69) is 32.3 Å². The predicted octanol–water partition coefficient (Wildman–Crippen LogP) is 4.70. The number of rotatable bonds is 8. The summed E-state index contributed by atoms with van der Waals surface area (Å²) in [6.45, 7) is 10.9. The minimum atomic E-state index is -1.05. The number of hydrogen-bond acceptors (Lipinski definition) is 5. The van der Waals surface area contributed by atoms with Crippen LogP contribution < -0.4 is 4.74 Å². The Morgan fingerprint density at radius 1 is 1.09 bits per heavy atom. The fourth-order valence-corrected chi connectivity index (χ4v) is 5.29. The first-order valence-electron chi connectivity index (χ1n) is 11.7. The van der Waals surface area contributed by atoms with Crippen molar-refractivity contribution in [3.63, 3.8) is 0 Å². The van der Waals surface area contributed by atoms with Crippen LogP contribution in [0.5, 0.6) is 5.75 Å². The number of carboxylic acid groups (broad SMARTS) is 1. The van der Waals surface area contributed by atoms with Gasteiger partial charge < -0.3 is 19.1 Å². The van der Waals surface area contributed by atoms with Crippen molar-refractivity contribution in [2.75, 3.05) is 13.2 Å². The third-order valence-corrected chi connectivity index (χ3v) is 7.97. The van der Waals surface area contributed by atoms with Gasteiger partial charge in [0.05, 0.1) is 12.8 Å². The fraction of sp³-hybridized carbons (Fsp3) is 0.577. The molecule has 0 atom stereocenters. The summed E-state index contributed by atoms with van der Waals surface area (Å²) in [4.78, 5) is 36.5. The molecule has 2 aliphatic rings. The minimum absolute atomic E-state index is 0.0751. The first-order valence-corrected chi connectivity index (χ1v) is 11.7. The van der Waals surface area contributed by atoms with Gasteiger partial charge >= 0.3 is 11.9 Å². The van der Waals surface area contributed by atoms with Crippen molar-refractivity contribution in [3.8, 4) is 5.75 Å². The standard InChI is InChI=1S/C26H33NO6/c1-25(2)24(26(25,3)4)23(31)19-15-27(14-16-9-11-32-12-10-16)20-6-5-17(13-18(19)20)33-22(30)8-7-21(28)29/h5-6,13,15-16,24H,7-12,14H2,1-4H3,(H,28,29). The zero-order valence-electron chi connectivity index (χ0n) is 19.8. The normalized spacial score (nSPS) is 20.0. The Balaban J connectivity index is 1.67. The molecular formula is C26H33NO6. The van der Waals surface area contributed by atoms with E-state index in [1.807, 2.05) is 12.3 Å². The third-order valence-electron chi connectivity index (χ3n) is 7.97. The second-order valence-corrected chi connectivity index (χ2v) is 10.5. The van der Waals surface area contributed by atoms with Crippen LogP contribution in [-0.2, 0) is 20.9 Å². The molecule has 0 spiro atoms. The summed E-state index contributed by atoms with van der Waals surface area (Å²) in [5.74, 6) is -0.792. The number of ether oxygens (including phenoxy) is 2. The summed E-state index contributed by atoms with van der Waals surface area (Å²) >= 11 is 0. The molecule has 1 aliphatic carbocycles. The summed E-state index contributed by atoms with van der Waals surface area (Å²) in [5, 5.41) is 9.56. The summed E-state index contributed by atoms with van der Waals surface area (Å²) in [6, 6.07) is 5.33. The maximum absolute atomic E-state index is 13.7. The van der Waals surface area contributed by atoms with Crippen LogP contribution in [0.2, 0.25) is 0 Å². The van der Waals surface area contributed by atoms with Gasteiger partial charge in [-0.25, -0.2) is 0 Å². The van der Waals surface area contributed by atoms with E-state index in [-0.39, 0.29) is 35.4 Å². The van der Waals surface area contributed by atoms with Crippen LogP contribution in [0, 0.1) is 22.7 Å². The number of fused-ring (bicyclic) bond motifs is 1. The number of carbonyl (C=O) groups is 3. The van der Waals surface area contributed by atoms with E-state index in [0.717, 1.165) is 43.5 Å². The molecule has 4 rings (SSSR count). The van der Waals surface area contributed by atoms with Gasteiger partial charge in [0.15, 0.2) is 5.78 Å². The van der Waals surface area contributed by atoms with Crippen LogP contribution in [0.1, 0.15) is 63.7 Å². The van der Waals surface area contributed by atoms with Crippen LogP contribution in [0.4, 0.5) is 0 Å². The SMILES string of the molecule is CC1(C)C(C(=O)c2cn(CC3CCOCC3)c3ccc(OC(=O)CCC(=O)O)cc23)C1(C)C. The lowest BCUT2D eigenvalue weighted by Gasteiger charge is -2.22. The van der Waals surface area contributed by atoms with Crippen molar-refractivity contribution in [2.45, 2.75) is 59.9 Å². The van der Waals surface area contributed by atoms with Gasteiger partial charge in [-0.2, -0.15) is 0 Å². The Hall–Kier alpha value is -2.67. The number of nitrogens with zero attached hydrogens (tertiary/aromatic N) is 1. The lowest BCUT2D eigenvalue weighted by molar-refractivity contribution is -0.142. The molecule has 178 valence electrons. The molecule has 2 aromatic rings. The Morgan fingerprint density at radius 2 is 1.76 bits per heavy atom. The highest BCUT2D eigenvalue weighted by molar-refractivity contribution is 6.11. The van der Waals surface area contributed by atoms with Crippen molar-refractivity contribution in [3.05, 3.63) is 30.0 Å². The largest absolute Gasteiger partial charge is 0.481 e. The number of hydrogen-bond donors (Lipinski definition) is 1. The van der Waals surface area contributed by atoms with E-state index in [9.17, 15) is 14.4 Å². The molecule has 1 N–H and O–H groups in total. The maximum atomic E-state index is 13.7. The molecule has 0 amide bonds. The maximum Gasteiger partial charge on any atom is 0.311 e. The van der Waals surface area contributed by atoms with Crippen LogP contribution in [0.15, 0.2) is 24.4 Å². The van der Waals surface area contributed by atoms with Gasteiger partial charge in [0, 0.05) is 48.3 Å². The summed E-state index contributed by atoms with van der Waals surface area (Å²) in [7, 11) is 0. The van der Waals surface area contributed by atoms with Crippen LogP contribution in [-0.4, -0.2) is 40.6 Å². The topological polar surface area (TPSA) is 94.8 Å². The molecule has 1 aliphatic heterocycles. The molecule has 1 saturated heterocycles. The van der Waals surface area contributed by atoms with Crippen molar-refractivity contribution < 1.29 is 29.0 Å². The smallest absolute Gasteiger partial charge is 0.311 e. The zero-order valence-corrected chi connectivity index (χ0v) is 19.8. The van der Waals surface area contributed by atoms with Gasteiger partial charge in [-0.05, 0) is 47.8 Å². The Bertz CT molecular complexity index is 1080. The molecule has 0 bridgehead atoms. The number of ketones is 1. The fourth-order valence-electron chi connectivity index (χ4n) is 5.29. The number of aromatic nitrogens is 1. The van der Waals surface area contributed by atoms with Gasteiger partial charge in [-0.3, -0.25) is 14.4 Å². The first kappa shape index (κ1) is 23.5. The lowest BCUT2D eigenvalue weighted by atomic mass is 10.0. The number of carboxylic acids is 1. The molecule has 0 radical (unpaired) electrons. The quantitative estimate of drug-likeness (QED) is 0.352. The monoisotopic (exact) mass is 455 g/mol. The molecule has 1 saturated carbocycles. The van der Waals surface area contributed by atoms with E-state index in [1.54, 1.807) is 12.1 Å². The predicted molar refractivity (Wildman–Crippen MR) is 123 cm³/mol. The molecule has 7 heteroatoms. The van der Waals surface area contributed by atoms with Crippen LogP contribution >= 0.6 is 0 Å². The molecule has 1 aromatic heterocycles. The molecule has 33 heavy (non-hydrogen) atoms. The summed E-state index contributed by atoms with van der Waals surface area (Å²) in [6.07, 6.45) is 3.46. The summed E-state index contributed by atoms with van der Waals surface area (Å²) < 4.78 is 13.0. The lowest BCUT2D eigenvalue weighted by Crippen LogP contribution is -2.20. The Labute approximate surface area is 194 Å². The molecule has 1 aromatic carbocycles. The molecule has 0 unspecified atom stereocenters. The Morgan fingerprint density at radius 3 is 2.36 bits per heavy atom. The summed E-state index contributed by atoms with van der Waals surface area (Å²) in [5.41, 5.74) is 1.43. The number of esters is 1. The number of carbonyl (C=O) groups excluding carboxylic acids is 2. The molecule has 2 heterocycles. The van der Waals surface area contributed by atoms with Crippen molar-refractivity contribution in [1.82, 2.24) is 4.57 Å².